The SMILES string of the molecule is COc1ccc(OCc2csc(C(=O)Nc3ccc(Br)cc3F)c2)cc1. The van der Waals surface area contributed by atoms with Gasteiger partial charge in [-0.1, -0.05) is 15.9 Å². The fourth-order valence-corrected chi connectivity index (χ4v) is 3.31. The van der Waals surface area contributed by atoms with Crippen molar-refractivity contribution in [2.75, 3.05) is 12.4 Å². The maximum absolute atomic E-state index is 13.8. The molecule has 1 amide bonds. The average Bonchev–Trinajstić information content (AvgIpc) is 3.12. The van der Waals surface area contributed by atoms with E-state index in [1.165, 1.54) is 23.5 Å². The molecule has 0 radical (unpaired) electrons. The number of anilines is 1. The Morgan fingerprint density at radius 3 is 2.58 bits per heavy atom. The van der Waals surface area contributed by atoms with Crippen molar-refractivity contribution in [2.45, 2.75) is 6.61 Å². The summed E-state index contributed by atoms with van der Waals surface area (Å²) in [6.07, 6.45) is 0. The van der Waals surface area contributed by atoms with Crippen molar-refractivity contribution in [3.8, 4) is 11.5 Å². The fraction of sp³-hybridized carbons (Fsp3) is 0.105. The van der Waals surface area contributed by atoms with Crippen LogP contribution in [0.1, 0.15) is 15.2 Å². The van der Waals surface area contributed by atoms with Crippen LogP contribution in [-0.2, 0) is 6.61 Å². The number of amides is 1. The minimum atomic E-state index is -0.493. The van der Waals surface area contributed by atoms with Crippen molar-refractivity contribution < 1.29 is 18.7 Å². The van der Waals surface area contributed by atoms with Crippen LogP contribution in [-0.4, -0.2) is 13.0 Å². The highest BCUT2D eigenvalue weighted by Crippen LogP contribution is 2.23. The zero-order valence-electron chi connectivity index (χ0n) is 13.8. The number of methoxy groups -OCH3 is 1. The lowest BCUT2D eigenvalue weighted by Crippen LogP contribution is -2.11. The second-order valence-electron chi connectivity index (χ2n) is 5.36. The first-order valence-electron chi connectivity index (χ1n) is 7.66. The Kier molecular flexibility index (Phi) is 5.90. The molecular weight excluding hydrogens is 421 g/mol. The second kappa shape index (κ2) is 8.33. The van der Waals surface area contributed by atoms with Gasteiger partial charge in [-0.15, -0.1) is 11.3 Å². The first-order valence-corrected chi connectivity index (χ1v) is 9.33. The van der Waals surface area contributed by atoms with E-state index in [2.05, 4.69) is 21.2 Å². The van der Waals surface area contributed by atoms with Crippen LogP contribution in [0.15, 0.2) is 58.4 Å². The average molecular weight is 436 g/mol. The summed E-state index contributed by atoms with van der Waals surface area (Å²) < 4.78 is 25.2. The number of carbonyl (C=O) groups excluding carboxylic acids is 1. The van der Waals surface area contributed by atoms with Crippen LogP contribution in [0.4, 0.5) is 10.1 Å². The molecule has 0 spiro atoms. The quantitative estimate of drug-likeness (QED) is 0.556. The van der Waals surface area contributed by atoms with Gasteiger partial charge < -0.3 is 14.8 Å². The van der Waals surface area contributed by atoms with E-state index in [4.69, 9.17) is 9.47 Å². The predicted octanol–water partition coefficient (Wildman–Crippen LogP) is 5.49. The van der Waals surface area contributed by atoms with E-state index < -0.39 is 5.82 Å². The zero-order chi connectivity index (χ0) is 18.5. The van der Waals surface area contributed by atoms with Gasteiger partial charge in [0.05, 0.1) is 17.7 Å². The van der Waals surface area contributed by atoms with Crippen molar-refractivity contribution in [3.05, 3.63) is 74.6 Å². The number of ether oxygens (including phenoxy) is 2. The molecule has 0 bridgehead atoms. The van der Waals surface area contributed by atoms with Gasteiger partial charge in [-0.3, -0.25) is 4.79 Å². The number of nitrogens with one attached hydrogen (secondary N) is 1. The van der Waals surface area contributed by atoms with Crippen molar-refractivity contribution in [2.24, 2.45) is 0 Å². The summed E-state index contributed by atoms with van der Waals surface area (Å²) in [6, 6.07) is 13.5. The van der Waals surface area contributed by atoms with Gasteiger partial charge in [0.25, 0.3) is 5.91 Å². The van der Waals surface area contributed by atoms with E-state index in [-0.39, 0.29) is 11.6 Å². The standard InChI is InChI=1S/C19H15BrFNO3S/c1-24-14-3-5-15(6-4-14)25-10-12-8-18(26-11-12)19(23)22-17-7-2-13(20)9-16(17)21/h2-9,11H,10H2,1H3,(H,22,23). The normalized spacial score (nSPS) is 10.4. The molecule has 0 aliphatic heterocycles. The third-order valence-corrected chi connectivity index (χ3v) is 4.99. The molecule has 2 aromatic carbocycles. The Morgan fingerprint density at radius 2 is 1.88 bits per heavy atom. The Morgan fingerprint density at radius 1 is 1.15 bits per heavy atom. The first kappa shape index (κ1) is 18.4. The molecule has 7 heteroatoms. The van der Waals surface area contributed by atoms with Crippen LogP contribution in [0.5, 0.6) is 11.5 Å². The largest absolute Gasteiger partial charge is 0.497 e. The molecule has 0 atom stereocenters. The Hall–Kier alpha value is -2.38. The second-order valence-corrected chi connectivity index (χ2v) is 7.19. The lowest BCUT2D eigenvalue weighted by Gasteiger charge is -2.06. The monoisotopic (exact) mass is 435 g/mol. The number of hydrogen-bond acceptors (Lipinski definition) is 4. The van der Waals surface area contributed by atoms with E-state index in [0.717, 1.165) is 11.3 Å². The van der Waals surface area contributed by atoms with Gasteiger partial charge in [-0.2, -0.15) is 0 Å². The topological polar surface area (TPSA) is 47.6 Å². The number of carbonyl (C=O) groups is 1. The first-order chi connectivity index (χ1) is 12.5. The molecule has 0 saturated carbocycles. The van der Waals surface area contributed by atoms with Gasteiger partial charge in [-0.05, 0) is 53.9 Å². The van der Waals surface area contributed by atoms with E-state index >= 15 is 0 Å². The summed E-state index contributed by atoms with van der Waals surface area (Å²) >= 11 is 4.47. The number of thiophene rings is 1. The molecular formula is C19H15BrFNO3S. The molecule has 1 aromatic heterocycles. The molecule has 1 N–H and O–H groups in total. The molecule has 0 fully saturated rings. The maximum Gasteiger partial charge on any atom is 0.265 e. The Bertz CT molecular complexity index is 911. The van der Waals surface area contributed by atoms with Crippen molar-refractivity contribution in [1.82, 2.24) is 0 Å². The number of benzene rings is 2. The molecule has 0 unspecified atom stereocenters. The summed E-state index contributed by atoms with van der Waals surface area (Å²) in [6.45, 7) is 0.336. The summed E-state index contributed by atoms with van der Waals surface area (Å²) in [5.41, 5.74) is 1.01. The van der Waals surface area contributed by atoms with Gasteiger partial charge in [0, 0.05) is 10.0 Å². The zero-order valence-corrected chi connectivity index (χ0v) is 16.2. The molecule has 134 valence electrons. The van der Waals surface area contributed by atoms with Gasteiger partial charge in [-0.25, -0.2) is 4.39 Å². The van der Waals surface area contributed by atoms with E-state index in [1.54, 1.807) is 19.2 Å². The predicted molar refractivity (Wildman–Crippen MR) is 104 cm³/mol. The molecule has 1 heterocycles. The van der Waals surface area contributed by atoms with Gasteiger partial charge in [0.1, 0.15) is 23.9 Å². The van der Waals surface area contributed by atoms with Crippen LogP contribution in [0.25, 0.3) is 0 Å². The van der Waals surface area contributed by atoms with E-state index in [0.29, 0.717) is 21.7 Å². The highest BCUT2D eigenvalue weighted by Gasteiger charge is 2.12. The maximum atomic E-state index is 13.8. The van der Waals surface area contributed by atoms with Crippen LogP contribution in [0, 0.1) is 5.82 Å². The van der Waals surface area contributed by atoms with E-state index in [9.17, 15) is 9.18 Å². The fourth-order valence-electron chi connectivity index (χ4n) is 2.18. The molecule has 0 aliphatic rings. The van der Waals surface area contributed by atoms with Crippen LogP contribution in [0.3, 0.4) is 0 Å². The summed E-state index contributed by atoms with van der Waals surface area (Å²) in [5.74, 6) is 0.617. The molecule has 3 rings (SSSR count). The summed E-state index contributed by atoms with van der Waals surface area (Å²) in [7, 11) is 1.61. The minimum absolute atomic E-state index is 0.141. The van der Waals surface area contributed by atoms with Gasteiger partial charge >= 0.3 is 0 Å². The smallest absolute Gasteiger partial charge is 0.265 e. The molecule has 0 saturated heterocycles. The number of rotatable bonds is 6. The van der Waals surface area contributed by atoms with Gasteiger partial charge in [0.2, 0.25) is 0 Å². The highest BCUT2D eigenvalue weighted by atomic mass is 79.9. The lowest BCUT2D eigenvalue weighted by molar-refractivity contribution is 0.103. The Labute approximate surface area is 162 Å². The molecule has 3 aromatic rings. The highest BCUT2D eigenvalue weighted by molar-refractivity contribution is 9.10. The third-order valence-electron chi connectivity index (χ3n) is 3.52. The van der Waals surface area contributed by atoms with Crippen molar-refractivity contribution >= 4 is 38.9 Å². The van der Waals surface area contributed by atoms with Gasteiger partial charge in [0.15, 0.2) is 0 Å². The minimum Gasteiger partial charge on any atom is -0.497 e. The molecule has 0 aliphatic carbocycles. The summed E-state index contributed by atoms with van der Waals surface area (Å²) in [5, 5.41) is 4.42. The summed E-state index contributed by atoms with van der Waals surface area (Å²) in [4.78, 5) is 12.8. The van der Waals surface area contributed by atoms with Crippen LogP contribution >= 0.6 is 27.3 Å². The van der Waals surface area contributed by atoms with Crippen molar-refractivity contribution in [3.63, 3.8) is 0 Å². The third kappa shape index (κ3) is 4.62. The lowest BCUT2D eigenvalue weighted by atomic mass is 10.3. The van der Waals surface area contributed by atoms with Crippen molar-refractivity contribution in [1.29, 1.82) is 0 Å². The van der Waals surface area contributed by atoms with Crippen LogP contribution in [0.2, 0.25) is 0 Å². The van der Waals surface area contributed by atoms with Crippen LogP contribution < -0.4 is 14.8 Å². The molecule has 4 nitrogen and oxygen atoms in total. The number of halogens is 2. The molecule has 26 heavy (non-hydrogen) atoms. The number of hydrogen-bond donors (Lipinski definition) is 1. The Balaban J connectivity index is 1.60. The van der Waals surface area contributed by atoms with E-state index in [1.807, 2.05) is 29.6 Å².